The summed E-state index contributed by atoms with van der Waals surface area (Å²) < 4.78 is 39.5. The normalized spacial score (nSPS) is 14.6. The highest BCUT2D eigenvalue weighted by molar-refractivity contribution is 5.95. The molecule has 0 radical (unpaired) electrons. The van der Waals surface area contributed by atoms with Crippen LogP contribution < -0.4 is 25.3 Å². The summed E-state index contributed by atoms with van der Waals surface area (Å²) in [4.78, 5) is 12.3. The molecule has 0 bridgehead atoms. The summed E-state index contributed by atoms with van der Waals surface area (Å²) in [5.41, 5.74) is 5.89. The van der Waals surface area contributed by atoms with Crippen LogP contribution in [0.15, 0.2) is 12.1 Å². The number of alkyl halides is 2. The molecule has 1 aliphatic carbocycles. The summed E-state index contributed by atoms with van der Waals surface area (Å²) in [5.74, 6) is -0.239. The number of methoxy groups -OCH3 is 2. The third-order valence-electron chi connectivity index (χ3n) is 3.69. The van der Waals surface area contributed by atoms with Crippen LogP contribution in [-0.2, 0) is 0 Å². The van der Waals surface area contributed by atoms with E-state index in [1.54, 1.807) is 0 Å². The average Bonchev–Trinajstić information content (AvgIpc) is 3.36. The lowest BCUT2D eigenvalue weighted by molar-refractivity contribution is -0.0526. The third-order valence-corrected chi connectivity index (χ3v) is 3.69. The zero-order valence-corrected chi connectivity index (χ0v) is 14.2. The quantitative estimate of drug-likeness (QED) is 0.737. The molecule has 0 saturated heterocycles. The number of carbonyl (C=O) groups is 1. The van der Waals surface area contributed by atoms with Gasteiger partial charge < -0.3 is 25.3 Å². The Morgan fingerprint density at radius 2 is 1.83 bits per heavy atom. The first-order chi connectivity index (χ1) is 11.0. The fourth-order valence-electron chi connectivity index (χ4n) is 2.34. The van der Waals surface area contributed by atoms with Crippen molar-refractivity contribution >= 4 is 18.3 Å². The van der Waals surface area contributed by atoms with E-state index >= 15 is 0 Å². The molecule has 0 heterocycles. The number of amides is 1. The molecular weight excluding hydrogens is 346 g/mol. The topological polar surface area (TPSA) is 82.8 Å². The molecule has 2 rings (SSSR count). The van der Waals surface area contributed by atoms with Crippen molar-refractivity contribution in [1.29, 1.82) is 0 Å². The van der Waals surface area contributed by atoms with Crippen molar-refractivity contribution in [3.05, 3.63) is 17.7 Å². The maximum atomic E-state index is 12.5. The van der Waals surface area contributed by atoms with Gasteiger partial charge in [-0.1, -0.05) is 0 Å². The van der Waals surface area contributed by atoms with E-state index in [4.69, 9.17) is 15.2 Å². The molecule has 6 nitrogen and oxygen atoms in total. The van der Waals surface area contributed by atoms with Gasteiger partial charge in [0, 0.05) is 18.2 Å². The number of nitrogens with two attached hydrogens (primary N) is 1. The first kappa shape index (κ1) is 20.2. The van der Waals surface area contributed by atoms with Crippen molar-refractivity contribution in [3.8, 4) is 17.2 Å². The molecule has 136 valence electrons. The number of ether oxygens (including phenoxy) is 3. The van der Waals surface area contributed by atoms with Crippen LogP contribution in [0.2, 0.25) is 0 Å². The molecule has 1 aliphatic rings. The molecule has 3 N–H and O–H groups in total. The van der Waals surface area contributed by atoms with Gasteiger partial charge in [-0.25, -0.2) is 0 Å². The molecule has 0 aliphatic heterocycles. The molecular formula is C15H21ClF2N2O4. The zero-order chi connectivity index (χ0) is 17.0. The summed E-state index contributed by atoms with van der Waals surface area (Å²) in [7, 11) is 2.59. The second kappa shape index (κ2) is 8.89. The Balaban J connectivity index is 0.00000288. The molecule has 1 unspecified atom stereocenters. The minimum atomic E-state index is -3.03. The number of halogens is 3. The van der Waals surface area contributed by atoms with Gasteiger partial charge in [0.25, 0.3) is 5.91 Å². The van der Waals surface area contributed by atoms with Crippen molar-refractivity contribution in [2.75, 3.05) is 20.8 Å². The van der Waals surface area contributed by atoms with Gasteiger partial charge in [0.05, 0.1) is 14.2 Å². The van der Waals surface area contributed by atoms with Crippen LogP contribution in [0, 0.1) is 5.92 Å². The summed E-state index contributed by atoms with van der Waals surface area (Å²) in [6.45, 7) is -2.69. The van der Waals surface area contributed by atoms with E-state index in [9.17, 15) is 13.6 Å². The Morgan fingerprint density at radius 3 is 2.21 bits per heavy atom. The first-order valence-corrected chi connectivity index (χ1v) is 7.21. The van der Waals surface area contributed by atoms with Crippen LogP contribution in [0.5, 0.6) is 17.2 Å². The first-order valence-electron chi connectivity index (χ1n) is 7.21. The van der Waals surface area contributed by atoms with E-state index in [1.165, 1.54) is 26.4 Å². The molecule has 1 amide bonds. The van der Waals surface area contributed by atoms with Crippen LogP contribution in [0.1, 0.15) is 23.2 Å². The molecule has 0 aromatic heterocycles. The van der Waals surface area contributed by atoms with Crippen molar-refractivity contribution in [1.82, 2.24) is 5.32 Å². The van der Waals surface area contributed by atoms with Crippen LogP contribution in [-0.4, -0.2) is 39.3 Å². The standard InChI is InChI=1S/C15H20F2N2O4.ClH/c1-21-11-5-9(6-12(22-2)13(11)23-15(16)17)14(20)19-10(7-18)8-3-4-8;/h5-6,8,10,15H,3-4,7,18H2,1-2H3,(H,19,20);1H. The Hall–Kier alpha value is -1.80. The molecule has 1 aromatic rings. The van der Waals surface area contributed by atoms with Gasteiger partial charge in [0.2, 0.25) is 5.75 Å². The number of carbonyl (C=O) groups excluding carboxylic acids is 1. The van der Waals surface area contributed by atoms with E-state index < -0.39 is 6.61 Å². The van der Waals surface area contributed by atoms with Crippen LogP contribution in [0.4, 0.5) is 8.78 Å². The van der Waals surface area contributed by atoms with Crippen LogP contribution >= 0.6 is 12.4 Å². The average molecular weight is 367 g/mol. The van der Waals surface area contributed by atoms with E-state index in [0.717, 1.165) is 12.8 Å². The Labute approximate surface area is 145 Å². The minimum Gasteiger partial charge on any atom is -0.493 e. The van der Waals surface area contributed by atoms with Crippen LogP contribution in [0.3, 0.4) is 0 Å². The molecule has 1 saturated carbocycles. The van der Waals surface area contributed by atoms with Gasteiger partial charge in [-0.3, -0.25) is 4.79 Å². The van der Waals surface area contributed by atoms with E-state index in [2.05, 4.69) is 10.1 Å². The van der Waals surface area contributed by atoms with Crippen molar-refractivity contribution < 1.29 is 27.8 Å². The third kappa shape index (κ3) is 4.85. The maximum Gasteiger partial charge on any atom is 0.387 e. The highest BCUT2D eigenvalue weighted by Gasteiger charge is 2.31. The second-order valence-corrected chi connectivity index (χ2v) is 5.24. The monoisotopic (exact) mass is 366 g/mol. The van der Waals surface area contributed by atoms with Gasteiger partial charge in [-0.15, -0.1) is 12.4 Å². The van der Waals surface area contributed by atoms with Gasteiger partial charge in [0.15, 0.2) is 11.5 Å². The predicted molar refractivity (Wildman–Crippen MR) is 86.5 cm³/mol. The summed E-state index contributed by atoms with van der Waals surface area (Å²) in [5, 5.41) is 2.84. The van der Waals surface area contributed by atoms with Crippen LogP contribution in [0.25, 0.3) is 0 Å². The minimum absolute atomic E-state index is 0. The maximum absolute atomic E-state index is 12.5. The molecule has 24 heavy (non-hydrogen) atoms. The van der Waals surface area contributed by atoms with Crippen molar-refractivity contribution in [2.45, 2.75) is 25.5 Å². The number of nitrogens with one attached hydrogen (secondary N) is 1. The molecule has 1 fully saturated rings. The predicted octanol–water partition coefficient (Wildman–Crippen LogP) is 2.19. The number of hydrogen-bond donors (Lipinski definition) is 2. The van der Waals surface area contributed by atoms with Gasteiger partial charge in [-0.2, -0.15) is 8.78 Å². The van der Waals surface area contributed by atoms with Gasteiger partial charge in [0.1, 0.15) is 0 Å². The summed E-state index contributed by atoms with van der Waals surface area (Å²) in [6, 6.07) is 2.56. The Kier molecular flexibility index (Phi) is 7.50. The van der Waals surface area contributed by atoms with Crippen molar-refractivity contribution in [2.24, 2.45) is 11.7 Å². The molecule has 0 spiro atoms. The fraction of sp³-hybridized carbons (Fsp3) is 0.533. The highest BCUT2D eigenvalue weighted by atomic mass is 35.5. The second-order valence-electron chi connectivity index (χ2n) is 5.24. The summed E-state index contributed by atoms with van der Waals surface area (Å²) >= 11 is 0. The smallest absolute Gasteiger partial charge is 0.387 e. The zero-order valence-electron chi connectivity index (χ0n) is 13.4. The van der Waals surface area contributed by atoms with Gasteiger partial charge in [-0.05, 0) is 30.9 Å². The lowest BCUT2D eigenvalue weighted by atomic mass is 10.1. The number of benzene rings is 1. The largest absolute Gasteiger partial charge is 0.493 e. The Morgan fingerprint density at radius 1 is 1.29 bits per heavy atom. The van der Waals surface area contributed by atoms with E-state index in [0.29, 0.717) is 12.5 Å². The van der Waals surface area contributed by atoms with E-state index in [1.807, 2.05) is 0 Å². The number of hydrogen-bond acceptors (Lipinski definition) is 5. The Bertz CT molecular complexity index is 545. The number of rotatable bonds is 8. The lowest BCUT2D eigenvalue weighted by Crippen LogP contribution is -2.41. The summed E-state index contributed by atoms with van der Waals surface area (Å²) in [6.07, 6.45) is 2.08. The van der Waals surface area contributed by atoms with Gasteiger partial charge >= 0.3 is 6.61 Å². The van der Waals surface area contributed by atoms with Crippen molar-refractivity contribution in [3.63, 3.8) is 0 Å². The highest BCUT2D eigenvalue weighted by Crippen LogP contribution is 2.39. The lowest BCUT2D eigenvalue weighted by Gasteiger charge is -2.18. The molecule has 1 aromatic carbocycles. The molecule has 9 heteroatoms. The molecule has 1 atom stereocenters. The fourth-order valence-corrected chi connectivity index (χ4v) is 2.34. The SMILES string of the molecule is COc1cc(C(=O)NC(CN)C2CC2)cc(OC)c1OC(F)F.Cl. The van der Waals surface area contributed by atoms with E-state index in [-0.39, 0.29) is 47.2 Å².